The van der Waals surface area contributed by atoms with Crippen LogP contribution in [0.25, 0.3) is 0 Å². The summed E-state index contributed by atoms with van der Waals surface area (Å²) in [5, 5.41) is 0. The minimum Gasteiger partial charge on any atom is -0.297 e. The second-order valence-corrected chi connectivity index (χ2v) is 5.40. The third kappa shape index (κ3) is 2.94. The molecule has 0 atom stereocenters. The molecule has 0 aromatic rings. The monoisotopic (exact) mass is 223 g/mol. The van der Waals surface area contributed by atoms with Crippen molar-refractivity contribution in [1.29, 1.82) is 0 Å². The van der Waals surface area contributed by atoms with Crippen LogP contribution in [0.5, 0.6) is 0 Å². The summed E-state index contributed by atoms with van der Waals surface area (Å²) in [7, 11) is 4.09. The van der Waals surface area contributed by atoms with E-state index < -0.39 is 0 Å². The predicted molar refractivity (Wildman–Crippen MR) is 68.6 cm³/mol. The van der Waals surface area contributed by atoms with Crippen LogP contribution >= 0.6 is 0 Å². The van der Waals surface area contributed by atoms with Gasteiger partial charge in [0.1, 0.15) is 0 Å². The lowest BCUT2D eigenvalue weighted by atomic mass is 9.82. The van der Waals surface area contributed by atoms with Crippen molar-refractivity contribution in [1.82, 2.24) is 4.90 Å². The predicted octanol–water partition coefficient (Wildman–Crippen LogP) is 3.18. The summed E-state index contributed by atoms with van der Waals surface area (Å²) < 4.78 is 0. The highest BCUT2D eigenvalue weighted by Gasteiger charge is 2.39. The van der Waals surface area contributed by atoms with E-state index in [1.807, 2.05) is 21.0 Å². The first kappa shape index (κ1) is 13.4. The first-order valence-electron chi connectivity index (χ1n) is 6.34. The van der Waals surface area contributed by atoms with Crippen molar-refractivity contribution in [3.05, 3.63) is 12.2 Å². The van der Waals surface area contributed by atoms with Crippen molar-refractivity contribution >= 4 is 5.78 Å². The van der Waals surface area contributed by atoms with Crippen molar-refractivity contribution in [2.45, 2.75) is 57.4 Å². The Kier molecular flexibility index (Phi) is 4.72. The van der Waals surface area contributed by atoms with Crippen LogP contribution in [0.15, 0.2) is 12.2 Å². The molecule has 0 amide bonds. The first-order chi connectivity index (χ1) is 7.49. The molecule has 92 valence electrons. The van der Waals surface area contributed by atoms with Gasteiger partial charge in [0.15, 0.2) is 5.78 Å². The smallest absolute Gasteiger partial charge is 0.157 e. The highest BCUT2D eigenvalue weighted by Crippen LogP contribution is 2.33. The number of likely N-dealkylation sites (N-methyl/N-ethyl adjacent to an activating group) is 1. The fraction of sp³-hybridized carbons (Fsp3) is 0.786. The summed E-state index contributed by atoms with van der Waals surface area (Å²) in [5.74, 6) is 0.368. The maximum atomic E-state index is 12.4. The number of hydrogen-bond donors (Lipinski definition) is 0. The number of hydrogen-bond acceptors (Lipinski definition) is 2. The van der Waals surface area contributed by atoms with Gasteiger partial charge in [0.05, 0.1) is 5.54 Å². The summed E-state index contributed by atoms with van der Waals surface area (Å²) in [4.78, 5) is 14.6. The molecule has 0 radical (unpaired) electrons. The quantitative estimate of drug-likeness (QED) is 0.539. The van der Waals surface area contributed by atoms with Crippen molar-refractivity contribution in [3.8, 4) is 0 Å². The van der Waals surface area contributed by atoms with Crippen LogP contribution in [0.2, 0.25) is 0 Å². The maximum absolute atomic E-state index is 12.4. The molecule has 0 bridgehead atoms. The van der Waals surface area contributed by atoms with Crippen LogP contribution in [-0.4, -0.2) is 30.3 Å². The largest absolute Gasteiger partial charge is 0.297 e. The van der Waals surface area contributed by atoms with E-state index in [1.54, 1.807) is 0 Å². The fourth-order valence-electron chi connectivity index (χ4n) is 2.73. The van der Waals surface area contributed by atoms with Gasteiger partial charge in [0, 0.05) is 6.42 Å². The summed E-state index contributed by atoms with van der Waals surface area (Å²) in [6.07, 6.45) is 7.49. The van der Waals surface area contributed by atoms with Gasteiger partial charge in [-0.2, -0.15) is 0 Å². The minimum absolute atomic E-state index is 0.213. The molecule has 0 aromatic carbocycles. The third-order valence-corrected chi connectivity index (χ3v) is 3.77. The molecule has 1 aliphatic carbocycles. The first-order valence-corrected chi connectivity index (χ1v) is 6.34. The second kappa shape index (κ2) is 5.62. The number of nitrogens with zero attached hydrogens (tertiary/aromatic N) is 1. The lowest BCUT2D eigenvalue weighted by Gasteiger charge is -2.38. The highest BCUT2D eigenvalue weighted by molar-refractivity contribution is 5.90. The fourth-order valence-corrected chi connectivity index (χ4v) is 2.73. The Bertz CT molecular complexity index is 260. The van der Waals surface area contributed by atoms with Gasteiger partial charge < -0.3 is 0 Å². The summed E-state index contributed by atoms with van der Waals surface area (Å²) in [6.45, 7) is 5.81. The second-order valence-electron chi connectivity index (χ2n) is 5.40. The molecule has 0 spiro atoms. The lowest BCUT2D eigenvalue weighted by molar-refractivity contribution is -0.130. The molecule has 0 N–H and O–H groups in total. The number of rotatable bonds is 4. The Morgan fingerprint density at radius 3 is 2.06 bits per heavy atom. The molecular formula is C14H25NO. The van der Waals surface area contributed by atoms with Crippen LogP contribution in [0.3, 0.4) is 0 Å². The van der Waals surface area contributed by atoms with E-state index in [4.69, 9.17) is 0 Å². The Labute approximate surface area is 99.7 Å². The number of ketones is 1. The molecule has 0 aliphatic heterocycles. The van der Waals surface area contributed by atoms with Crippen LogP contribution in [0, 0.1) is 0 Å². The van der Waals surface area contributed by atoms with Crippen LogP contribution in [0.4, 0.5) is 0 Å². The molecule has 1 aliphatic rings. The normalized spacial score (nSPS) is 20.5. The standard InChI is InChI=1S/C14H25NO/c1-12(2)11-13(16)14(15(3)4)9-7-5-6-8-10-14/h1,5-11H2,2-4H3. The average molecular weight is 223 g/mol. The van der Waals surface area contributed by atoms with E-state index >= 15 is 0 Å². The van der Waals surface area contributed by atoms with Gasteiger partial charge in [-0.25, -0.2) is 0 Å². The van der Waals surface area contributed by atoms with Crippen LogP contribution in [-0.2, 0) is 4.79 Å². The van der Waals surface area contributed by atoms with Gasteiger partial charge in [-0.15, -0.1) is 0 Å². The molecule has 0 aromatic heterocycles. The molecule has 0 saturated heterocycles. The average Bonchev–Trinajstić information content (AvgIpc) is 2.42. The Morgan fingerprint density at radius 2 is 1.69 bits per heavy atom. The van der Waals surface area contributed by atoms with Gasteiger partial charge in [-0.3, -0.25) is 9.69 Å². The van der Waals surface area contributed by atoms with Gasteiger partial charge >= 0.3 is 0 Å². The third-order valence-electron chi connectivity index (χ3n) is 3.77. The molecule has 1 saturated carbocycles. The van der Waals surface area contributed by atoms with E-state index in [-0.39, 0.29) is 5.54 Å². The zero-order valence-electron chi connectivity index (χ0n) is 11.0. The van der Waals surface area contributed by atoms with Gasteiger partial charge in [0.2, 0.25) is 0 Å². The van der Waals surface area contributed by atoms with Crippen LogP contribution < -0.4 is 0 Å². The van der Waals surface area contributed by atoms with E-state index in [1.165, 1.54) is 25.7 Å². The zero-order valence-corrected chi connectivity index (χ0v) is 11.0. The number of carbonyl (C=O) groups is 1. The zero-order chi connectivity index (χ0) is 12.2. The molecular weight excluding hydrogens is 198 g/mol. The lowest BCUT2D eigenvalue weighted by Crippen LogP contribution is -2.50. The molecule has 1 fully saturated rings. The molecule has 0 unspecified atom stereocenters. The molecule has 2 heteroatoms. The van der Waals surface area contributed by atoms with Gasteiger partial charge in [-0.1, -0.05) is 37.8 Å². The maximum Gasteiger partial charge on any atom is 0.157 e. The number of carbonyl (C=O) groups excluding carboxylic acids is 1. The molecule has 2 nitrogen and oxygen atoms in total. The minimum atomic E-state index is -0.213. The van der Waals surface area contributed by atoms with Crippen LogP contribution in [0.1, 0.15) is 51.9 Å². The van der Waals surface area contributed by atoms with Crippen molar-refractivity contribution in [3.63, 3.8) is 0 Å². The summed E-state index contributed by atoms with van der Waals surface area (Å²) in [6, 6.07) is 0. The Morgan fingerprint density at radius 1 is 1.19 bits per heavy atom. The van der Waals surface area contributed by atoms with Crippen molar-refractivity contribution in [2.24, 2.45) is 0 Å². The molecule has 0 heterocycles. The van der Waals surface area contributed by atoms with Crippen molar-refractivity contribution < 1.29 is 4.79 Å². The number of allylic oxidation sites excluding steroid dienone is 1. The number of Topliss-reactive ketones (excluding diaryl/α,β-unsaturated/α-hetero) is 1. The SMILES string of the molecule is C=C(C)CC(=O)C1(N(C)C)CCCCCC1. The molecule has 16 heavy (non-hydrogen) atoms. The van der Waals surface area contributed by atoms with Gasteiger partial charge in [0.25, 0.3) is 0 Å². The Balaban J connectivity index is 2.85. The Hall–Kier alpha value is -0.630. The van der Waals surface area contributed by atoms with E-state index in [0.717, 1.165) is 18.4 Å². The van der Waals surface area contributed by atoms with E-state index in [2.05, 4.69) is 11.5 Å². The summed E-state index contributed by atoms with van der Waals surface area (Å²) >= 11 is 0. The highest BCUT2D eigenvalue weighted by atomic mass is 16.1. The van der Waals surface area contributed by atoms with Crippen molar-refractivity contribution in [2.75, 3.05) is 14.1 Å². The summed E-state index contributed by atoms with van der Waals surface area (Å²) in [5.41, 5.74) is 0.769. The molecule has 1 rings (SSSR count). The van der Waals surface area contributed by atoms with Gasteiger partial charge in [-0.05, 0) is 33.9 Å². The topological polar surface area (TPSA) is 20.3 Å². The van der Waals surface area contributed by atoms with E-state index in [9.17, 15) is 4.79 Å². The van der Waals surface area contributed by atoms with E-state index in [0.29, 0.717) is 12.2 Å².